The van der Waals surface area contributed by atoms with Gasteiger partial charge in [-0.1, -0.05) is 6.42 Å². The van der Waals surface area contributed by atoms with Crippen LogP contribution >= 0.6 is 0 Å². The molecule has 0 aliphatic heterocycles. The summed E-state index contributed by atoms with van der Waals surface area (Å²) in [7, 11) is 2.02. The average Bonchev–Trinajstić information content (AvgIpc) is 2.18. The molecule has 1 fully saturated rings. The normalized spacial score (nSPS) is 23.1. The van der Waals surface area contributed by atoms with Gasteiger partial charge in [0.2, 0.25) is 0 Å². The van der Waals surface area contributed by atoms with Crippen LogP contribution in [0.4, 0.5) is 0 Å². The number of Topliss-reactive ketones (excluding diaryl/α,β-unsaturated/α-hetero) is 1. The van der Waals surface area contributed by atoms with Crippen molar-refractivity contribution in [2.24, 2.45) is 0 Å². The van der Waals surface area contributed by atoms with Crippen LogP contribution in [-0.2, 0) is 9.53 Å². The van der Waals surface area contributed by atoms with Crippen molar-refractivity contribution in [3.63, 3.8) is 0 Å². The Balaban J connectivity index is 2.27. The zero-order valence-electron chi connectivity index (χ0n) is 9.29. The predicted octanol–water partition coefficient (Wildman–Crippen LogP) is 1.47. The van der Waals surface area contributed by atoms with E-state index < -0.39 is 0 Å². The van der Waals surface area contributed by atoms with Crippen molar-refractivity contribution >= 4 is 5.78 Å². The van der Waals surface area contributed by atoms with Crippen LogP contribution in [0.15, 0.2) is 0 Å². The fourth-order valence-corrected chi connectivity index (χ4v) is 1.94. The Morgan fingerprint density at radius 2 is 2.29 bits per heavy atom. The molecule has 0 aromatic heterocycles. The highest BCUT2D eigenvalue weighted by molar-refractivity contribution is 5.84. The van der Waals surface area contributed by atoms with Crippen LogP contribution < -0.4 is 0 Å². The first-order valence-electron chi connectivity index (χ1n) is 5.56. The second kappa shape index (κ2) is 6.14. The van der Waals surface area contributed by atoms with E-state index in [1.54, 1.807) is 0 Å². The quantitative estimate of drug-likeness (QED) is 0.628. The van der Waals surface area contributed by atoms with Crippen LogP contribution in [0.5, 0.6) is 0 Å². The predicted molar refractivity (Wildman–Crippen MR) is 56.4 cm³/mol. The van der Waals surface area contributed by atoms with Gasteiger partial charge in [0.25, 0.3) is 0 Å². The van der Waals surface area contributed by atoms with Crippen LogP contribution in [0.1, 0.15) is 32.6 Å². The number of likely N-dealkylation sites (N-methyl/N-ethyl adjacent to an activating group) is 1. The van der Waals surface area contributed by atoms with E-state index >= 15 is 0 Å². The highest BCUT2D eigenvalue weighted by atomic mass is 16.5. The van der Waals surface area contributed by atoms with E-state index in [1.807, 2.05) is 14.0 Å². The molecule has 0 aromatic rings. The molecule has 3 nitrogen and oxygen atoms in total. The van der Waals surface area contributed by atoms with E-state index in [9.17, 15) is 4.79 Å². The van der Waals surface area contributed by atoms with E-state index in [0.717, 1.165) is 39.0 Å². The standard InChI is InChI=1S/C11H21NO2/c1-3-14-9-8-12(2)10-6-4-5-7-11(10)13/h10H,3-9H2,1-2H3. The van der Waals surface area contributed by atoms with Crippen LogP contribution in [0.3, 0.4) is 0 Å². The first-order valence-corrected chi connectivity index (χ1v) is 5.56. The third-order valence-corrected chi connectivity index (χ3v) is 2.85. The highest BCUT2D eigenvalue weighted by Crippen LogP contribution is 2.18. The number of nitrogens with zero attached hydrogens (tertiary/aromatic N) is 1. The molecule has 14 heavy (non-hydrogen) atoms. The molecule has 0 aromatic carbocycles. The van der Waals surface area contributed by atoms with Gasteiger partial charge in [-0.15, -0.1) is 0 Å². The molecule has 1 rings (SSSR count). The molecule has 0 amide bonds. The van der Waals surface area contributed by atoms with Gasteiger partial charge >= 0.3 is 0 Å². The monoisotopic (exact) mass is 199 g/mol. The molecule has 0 spiro atoms. The van der Waals surface area contributed by atoms with E-state index in [1.165, 1.54) is 6.42 Å². The van der Waals surface area contributed by atoms with Gasteiger partial charge < -0.3 is 4.74 Å². The fraction of sp³-hybridized carbons (Fsp3) is 0.909. The Labute approximate surface area is 86.4 Å². The molecule has 3 heteroatoms. The summed E-state index contributed by atoms with van der Waals surface area (Å²) < 4.78 is 5.28. The SMILES string of the molecule is CCOCCN(C)C1CCCCC1=O. The van der Waals surface area contributed by atoms with Gasteiger partial charge in [0.15, 0.2) is 0 Å². The summed E-state index contributed by atoms with van der Waals surface area (Å²) in [4.78, 5) is 13.7. The van der Waals surface area contributed by atoms with Crippen LogP contribution in [0.25, 0.3) is 0 Å². The van der Waals surface area contributed by atoms with Crippen LogP contribution in [0.2, 0.25) is 0 Å². The molecule has 1 aliphatic rings. The molecule has 1 aliphatic carbocycles. The molecule has 82 valence electrons. The second-order valence-corrected chi connectivity index (χ2v) is 3.91. The summed E-state index contributed by atoms with van der Waals surface area (Å²) in [6, 6.07) is 0.157. The molecular formula is C11H21NO2. The highest BCUT2D eigenvalue weighted by Gasteiger charge is 2.25. The van der Waals surface area contributed by atoms with Crippen molar-refractivity contribution < 1.29 is 9.53 Å². The number of hydrogen-bond acceptors (Lipinski definition) is 3. The van der Waals surface area contributed by atoms with Crippen LogP contribution in [-0.4, -0.2) is 43.5 Å². The lowest BCUT2D eigenvalue weighted by atomic mass is 9.93. The van der Waals surface area contributed by atoms with Gasteiger partial charge in [-0.2, -0.15) is 0 Å². The van der Waals surface area contributed by atoms with Gasteiger partial charge in [-0.05, 0) is 26.8 Å². The molecule has 1 atom stereocenters. The number of rotatable bonds is 5. The molecule has 0 saturated heterocycles. The lowest BCUT2D eigenvalue weighted by Gasteiger charge is -2.29. The molecule has 0 radical (unpaired) electrons. The summed E-state index contributed by atoms with van der Waals surface area (Å²) >= 11 is 0. The topological polar surface area (TPSA) is 29.5 Å². The van der Waals surface area contributed by atoms with Gasteiger partial charge in [0.1, 0.15) is 5.78 Å². The molecule has 1 unspecified atom stereocenters. The first-order chi connectivity index (χ1) is 6.75. The molecule has 0 bridgehead atoms. The summed E-state index contributed by atoms with van der Waals surface area (Å²) in [5.74, 6) is 0.412. The summed E-state index contributed by atoms with van der Waals surface area (Å²) in [5, 5.41) is 0. The Hall–Kier alpha value is -0.410. The maximum atomic E-state index is 11.6. The number of carbonyl (C=O) groups is 1. The number of carbonyl (C=O) groups excluding carboxylic acids is 1. The Bertz CT molecular complexity index is 182. The number of ether oxygens (including phenoxy) is 1. The fourth-order valence-electron chi connectivity index (χ4n) is 1.94. The van der Waals surface area contributed by atoms with E-state index in [2.05, 4.69) is 4.90 Å². The molecular weight excluding hydrogens is 178 g/mol. The van der Waals surface area contributed by atoms with Crippen molar-refractivity contribution in [2.75, 3.05) is 26.8 Å². The van der Waals surface area contributed by atoms with Crippen molar-refractivity contribution in [3.8, 4) is 0 Å². The summed E-state index contributed by atoms with van der Waals surface area (Å²) in [5.41, 5.74) is 0. The Morgan fingerprint density at radius 3 is 2.93 bits per heavy atom. The number of hydrogen-bond donors (Lipinski definition) is 0. The van der Waals surface area contributed by atoms with Gasteiger partial charge in [-0.25, -0.2) is 0 Å². The van der Waals surface area contributed by atoms with E-state index in [4.69, 9.17) is 4.74 Å². The maximum Gasteiger partial charge on any atom is 0.149 e. The van der Waals surface area contributed by atoms with Crippen molar-refractivity contribution in [1.29, 1.82) is 0 Å². The van der Waals surface area contributed by atoms with E-state index in [0.29, 0.717) is 5.78 Å². The largest absolute Gasteiger partial charge is 0.380 e. The van der Waals surface area contributed by atoms with Gasteiger partial charge in [-0.3, -0.25) is 9.69 Å². The van der Waals surface area contributed by atoms with Crippen molar-refractivity contribution in [2.45, 2.75) is 38.6 Å². The molecule has 0 N–H and O–H groups in total. The smallest absolute Gasteiger partial charge is 0.149 e. The Kier molecular flexibility index (Phi) is 5.12. The minimum atomic E-state index is 0.157. The lowest BCUT2D eigenvalue weighted by molar-refractivity contribution is -0.125. The van der Waals surface area contributed by atoms with Gasteiger partial charge in [0.05, 0.1) is 12.6 Å². The molecule has 1 saturated carbocycles. The summed E-state index contributed by atoms with van der Waals surface area (Å²) in [6.45, 7) is 4.35. The second-order valence-electron chi connectivity index (χ2n) is 3.91. The first kappa shape index (κ1) is 11.7. The Morgan fingerprint density at radius 1 is 1.50 bits per heavy atom. The van der Waals surface area contributed by atoms with Gasteiger partial charge in [0, 0.05) is 19.6 Å². The number of ketones is 1. The minimum Gasteiger partial charge on any atom is -0.380 e. The zero-order chi connectivity index (χ0) is 10.4. The third-order valence-electron chi connectivity index (χ3n) is 2.85. The lowest BCUT2D eigenvalue weighted by Crippen LogP contribution is -2.41. The average molecular weight is 199 g/mol. The van der Waals surface area contributed by atoms with E-state index in [-0.39, 0.29) is 6.04 Å². The van der Waals surface area contributed by atoms with Crippen LogP contribution in [0, 0.1) is 0 Å². The third kappa shape index (κ3) is 3.39. The molecule has 0 heterocycles. The summed E-state index contributed by atoms with van der Waals surface area (Å²) in [6.07, 6.45) is 4.06. The zero-order valence-corrected chi connectivity index (χ0v) is 9.29. The minimum absolute atomic E-state index is 0.157. The maximum absolute atomic E-state index is 11.6. The van der Waals surface area contributed by atoms with Crippen molar-refractivity contribution in [3.05, 3.63) is 0 Å². The van der Waals surface area contributed by atoms with Crippen molar-refractivity contribution in [1.82, 2.24) is 4.90 Å².